The van der Waals surface area contributed by atoms with E-state index in [1.807, 2.05) is 0 Å². The molecule has 1 rings (SSSR count). The first-order chi connectivity index (χ1) is 5.55. The highest BCUT2D eigenvalue weighted by atomic mass is 32.3. The molecule has 5 heteroatoms. The van der Waals surface area contributed by atoms with Gasteiger partial charge in [-0.1, -0.05) is 6.42 Å². The van der Waals surface area contributed by atoms with E-state index in [4.69, 9.17) is 0 Å². The number of piperidine rings is 1. The monoisotopic (exact) mass is 198 g/mol. The van der Waals surface area contributed by atoms with Gasteiger partial charge in [-0.05, 0) is 12.8 Å². The van der Waals surface area contributed by atoms with Gasteiger partial charge in [0.15, 0.2) is 11.2 Å². The van der Waals surface area contributed by atoms with Gasteiger partial charge in [0.25, 0.3) is 0 Å². The summed E-state index contributed by atoms with van der Waals surface area (Å²) >= 11 is -3.63. The Morgan fingerprint density at radius 2 is 1.58 bits per heavy atom. The molecule has 0 atom stereocenters. The third-order valence-electron chi connectivity index (χ3n) is 2.07. The molecule has 0 aliphatic carbocycles. The Balaban J connectivity index is 2.53. The van der Waals surface area contributed by atoms with Crippen molar-refractivity contribution >= 4 is 11.2 Å². The van der Waals surface area contributed by atoms with Gasteiger partial charge in [0.05, 0.1) is 0 Å². The maximum absolute atomic E-state index is 13.4. The molecule has 0 saturated carbocycles. The lowest BCUT2D eigenvalue weighted by atomic mass is 10.2. The summed E-state index contributed by atoms with van der Waals surface area (Å²) in [6.45, 7) is 1.11. The average molecular weight is 198 g/mol. The van der Waals surface area contributed by atoms with Crippen molar-refractivity contribution in [1.29, 1.82) is 0 Å². The topological polar surface area (TPSA) is 6.48 Å². The fraction of sp³-hybridized carbons (Fsp3) is 1.00. The van der Waals surface area contributed by atoms with E-state index in [9.17, 15) is 7.77 Å². The van der Waals surface area contributed by atoms with Crippen LogP contribution in [0, 0.1) is 0 Å². The molecule has 0 aromatic rings. The average Bonchev–Trinajstić information content (AvgIpc) is 2.06. The fourth-order valence-corrected chi connectivity index (χ4v) is 2.47. The molecule has 0 bridgehead atoms. The van der Waals surface area contributed by atoms with Crippen LogP contribution in [0.5, 0.6) is 0 Å². The molecule has 0 amide bonds. The molecule has 12 heavy (non-hydrogen) atoms. The SMILES string of the molecule is CN(C)S(F)(F)N1CCCCC1. The second kappa shape index (κ2) is 3.89. The molecule has 2 nitrogen and oxygen atoms in total. The minimum Gasteiger partial charge on any atom is -0.213 e. The van der Waals surface area contributed by atoms with E-state index in [0.29, 0.717) is 13.1 Å². The van der Waals surface area contributed by atoms with E-state index < -0.39 is 11.2 Å². The number of hydrogen-bond donors (Lipinski definition) is 0. The van der Waals surface area contributed by atoms with Crippen molar-refractivity contribution in [1.82, 2.24) is 8.61 Å². The van der Waals surface area contributed by atoms with Crippen LogP contribution >= 0.6 is 11.2 Å². The summed E-state index contributed by atoms with van der Waals surface area (Å²) in [7, 11) is 2.90. The second-order valence-corrected chi connectivity index (χ2v) is 5.30. The van der Waals surface area contributed by atoms with Crippen molar-refractivity contribution in [2.24, 2.45) is 0 Å². The predicted molar refractivity (Wildman–Crippen MR) is 48.9 cm³/mol. The molecule has 1 aliphatic heterocycles. The lowest BCUT2D eigenvalue weighted by Crippen LogP contribution is -2.34. The maximum atomic E-state index is 13.4. The highest BCUT2D eigenvalue weighted by Crippen LogP contribution is 2.57. The summed E-state index contributed by atoms with van der Waals surface area (Å²) < 4.78 is 29.1. The molecule has 1 fully saturated rings. The number of hydrogen-bond acceptors (Lipinski definition) is 2. The molecule has 1 aliphatic rings. The quantitative estimate of drug-likeness (QED) is 0.672. The molecule has 0 N–H and O–H groups in total. The van der Waals surface area contributed by atoms with Gasteiger partial charge in [-0.2, -0.15) is 0 Å². The zero-order chi connectivity index (χ0) is 9.19. The first-order valence-corrected chi connectivity index (χ1v) is 5.55. The number of rotatable bonds is 2. The second-order valence-electron chi connectivity index (χ2n) is 3.22. The first-order valence-electron chi connectivity index (χ1n) is 4.20. The fourth-order valence-electron chi connectivity index (χ4n) is 1.32. The van der Waals surface area contributed by atoms with Crippen LogP contribution in [0.3, 0.4) is 0 Å². The zero-order valence-electron chi connectivity index (χ0n) is 7.59. The smallest absolute Gasteiger partial charge is 0.184 e. The van der Waals surface area contributed by atoms with Gasteiger partial charge in [0.1, 0.15) is 0 Å². The number of halogens is 2. The van der Waals surface area contributed by atoms with Crippen molar-refractivity contribution in [3.8, 4) is 0 Å². The van der Waals surface area contributed by atoms with E-state index in [2.05, 4.69) is 0 Å². The van der Waals surface area contributed by atoms with Gasteiger partial charge < -0.3 is 0 Å². The van der Waals surface area contributed by atoms with Crippen molar-refractivity contribution in [2.45, 2.75) is 19.3 Å². The molecular formula is C7H16F2N2S. The summed E-state index contributed by atoms with van der Waals surface area (Å²) in [6.07, 6.45) is 2.92. The van der Waals surface area contributed by atoms with Gasteiger partial charge in [0.2, 0.25) is 0 Å². The van der Waals surface area contributed by atoms with Gasteiger partial charge in [-0.25, -0.2) is 8.61 Å². The van der Waals surface area contributed by atoms with Crippen molar-refractivity contribution in [3.05, 3.63) is 0 Å². The molecule has 0 radical (unpaired) electrons. The van der Waals surface area contributed by atoms with Gasteiger partial charge in [-0.15, -0.1) is 7.77 Å². The van der Waals surface area contributed by atoms with Gasteiger partial charge >= 0.3 is 0 Å². The maximum Gasteiger partial charge on any atom is 0.184 e. The highest BCUT2D eigenvalue weighted by Gasteiger charge is 2.34. The van der Waals surface area contributed by atoms with Gasteiger partial charge in [-0.3, -0.25) is 0 Å². The molecule has 0 aromatic heterocycles. The van der Waals surface area contributed by atoms with E-state index in [1.54, 1.807) is 0 Å². The van der Waals surface area contributed by atoms with Crippen LogP contribution in [-0.2, 0) is 0 Å². The van der Waals surface area contributed by atoms with Crippen molar-refractivity contribution in [2.75, 3.05) is 27.2 Å². The normalized spacial score (nSPS) is 23.1. The van der Waals surface area contributed by atoms with Crippen LogP contribution in [0.4, 0.5) is 7.77 Å². The summed E-state index contributed by atoms with van der Waals surface area (Å²) in [5, 5.41) is 0. The molecule has 1 heterocycles. The van der Waals surface area contributed by atoms with E-state index >= 15 is 0 Å². The van der Waals surface area contributed by atoms with Crippen LogP contribution in [0.15, 0.2) is 0 Å². The Morgan fingerprint density at radius 3 is 2.00 bits per heavy atom. The third-order valence-corrected chi connectivity index (χ3v) is 3.93. The highest BCUT2D eigenvalue weighted by molar-refractivity contribution is 8.21. The summed E-state index contributed by atoms with van der Waals surface area (Å²) in [5.41, 5.74) is 0. The van der Waals surface area contributed by atoms with Crippen LogP contribution in [0.2, 0.25) is 0 Å². The Morgan fingerprint density at radius 1 is 1.08 bits per heavy atom. The Bertz CT molecular complexity index is 146. The van der Waals surface area contributed by atoms with E-state index in [0.717, 1.165) is 23.6 Å². The molecule has 0 unspecified atom stereocenters. The minimum atomic E-state index is -3.63. The van der Waals surface area contributed by atoms with Crippen LogP contribution in [-0.4, -0.2) is 35.8 Å². The Hall–Kier alpha value is 0.130. The number of nitrogens with zero attached hydrogens (tertiary/aromatic N) is 2. The molecule has 74 valence electrons. The van der Waals surface area contributed by atoms with Gasteiger partial charge in [0, 0.05) is 27.2 Å². The minimum absolute atomic E-state index is 0.556. The van der Waals surface area contributed by atoms with Crippen LogP contribution < -0.4 is 0 Å². The molecular weight excluding hydrogens is 182 g/mol. The predicted octanol–water partition coefficient (Wildman–Crippen LogP) is 2.44. The van der Waals surface area contributed by atoms with Crippen molar-refractivity contribution < 1.29 is 7.77 Å². The Kier molecular flexibility index (Phi) is 3.31. The molecule has 0 aromatic carbocycles. The lowest BCUT2D eigenvalue weighted by molar-refractivity contribution is 0.321. The van der Waals surface area contributed by atoms with Crippen LogP contribution in [0.25, 0.3) is 0 Å². The van der Waals surface area contributed by atoms with E-state index in [-0.39, 0.29) is 0 Å². The summed E-state index contributed by atoms with van der Waals surface area (Å²) in [4.78, 5) is 0. The Labute approximate surface area is 74.7 Å². The first kappa shape index (κ1) is 10.2. The standard InChI is InChI=1S/C7H16F2N2S/c1-10(2)12(8,9)11-6-4-3-5-7-11/h3-7H2,1-2H3. The largest absolute Gasteiger partial charge is 0.213 e. The third kappa shape index (κ3) is 2.08. The summed E-state index contributed by atoms with van der Waals surface area (Å²) in [5.74, 6) is 0. The molecule has 0 spiro atoms. The van der Waals surface area contributed by atoms with E-state index in [1.165, 1.54) is 18.4 Å². The van der Waals surface area contributed by atoms with Crippen LogP contribution in [0.1, 0.15) is 19.3 Å². The zero-order valence-corrected chi connectivity index (χ0v) is 8.41. The molecule has 1 saturated heterocycles. The van der Waals surface area contributed by atoms with Crippen molar-refractivity contribution in [3.63, 3.8) is 0 Å². The summed E-state index contributed by atoms with van der Waals surface area (Å²) in [6, 6.07) is 0. The lowest BCUT2D eigenvalue weighted by Gasteiger charge is -2.39.